The summed E-state index contributed by atoms with van der Waals surface area (Å²) in [4.78, 5) is 0. The van der Waals surface area contributed by atoms with Crippen molar-refractivity contribution < 1.29 is 0 Å². The van der Waals surface area contributed by atoms with Gasteiger partial charge in [0.25, 0.3) is 0 Å². The highest BCUT2D eigenvalue weighted by Crippen LogP contribution is 2.26. The summed E-state index contributed by atoms with van der Waals surface area (Å²) in [6.07, 6.45) is 2.20. The van der Waals surface area contributed by atoms with E-state index in [4.69, 9.17) is 0 Å². The van der Waals surface area contributed by atoms with Crippen LogP contribution in [0.15, 0.2) is 59.1 Å². The van der Waals surface area contributed by atoms with E-state index in [1.54, 1.807) is 0 Å². The lowest BCUT2D eigenvalue weighted by atomic mass is 9.85. The number of likely N-dealkylation sites (N-methyl/N-ethyl adjacent to an activating group) is 1. The van der Waals surface area contributed by atoms with E-state index >= 15 is 0 Å². The Morgan fingerprint density at radius 1 is 1.00 bits per heavy atom. The zero-order valence-electron chi connectivity index (χ0n) is 12.9. The summed E-state index contributed by atoms with van der Waals surface area (Å²) in [7, 11) is 0. The molecule has 0 aliphatic heterocycles. The Bertz CT molecular complexity index is 538. The molecule has 0 saturated heterocycles. The molecule has 2 unspecified atom stereocenters. The van der Waals surface area contributed by atoms with Gasteiger partial charge < -0.3 is 5.32 Å². The molecule has 1 N–H and O–H groups in total. The van der Waals surface area contributed by atoms with Gasteiger partial charge in [0.1, 0.15) is 0 Å². The minimum Gasteiger partial charge on any atom is -0.313 e. The average Bonchev–Trinajstić information content (AvgIpc) is 2.49. The number of hydrogen-bond donors (Lipinski definition) is 1. The number of rotatable bonds is 7. The summed E-state index contributed by atoms with van der Waals surface area (Å²) in [5.41, 5.74) is 2.81. The van der Waals surface area contributed by atoms with Crippen molar-refractivity contribution >= 4 is 15.9 Å². The number of nitrogens with one attached hydrogen (secondary N) is 1. The summed E-state index contributed by atoms with van der Waals surface area (Å²) in [6, 6.07) is 20.0. The van der Waals surface area contributed by atoms with Crippen LogP contribution in [0.1, 0.15) is 37.3 Å². The van der Waals surface area contributed by atoms with Crippen molar-refractivity contribution in [3.63, 3.8) is 0 Å². The van der Waals surface area contributed by atoms with Crippen molar-refractivity contribution in [2.24, 2.45) is 0 Å². The zero-order valence-corrected chi connectivity index (χ0v) is 14.4. The molecule has 2 aromatic carbocycles. The molecule has 0 saturated carbocycles. The molecule has 0 heterocycles. The Kier molecular flexibility index (Phi) is 6.47. The van der Waals surface area contributed by atoms with Crippen molar-refractivity contribution in [1.82, 2.24) is 5.32 Å². The van der Waals surface area contributed by atoms with E-state index in [2.05, 4.69) is 89.7 Å². The highest BCUT2D eigenvalue weighted by atomic mass is 79.9. The van der Waals surface area contributed by atoms with Gasteiger partial charge in [-0.25, -0.2) is 0 Å². The first-order chi connectivity index (χ1) is 10.2. The van der Waals surface area contributed by atoms with Gasteiger partial charge in [0, 0.05) is 10.5 Å². The van der Waals surface area contributed by atoms with Crippen LogP contribution >= 0.6 is 15.9 Å². The van der Waals surface area contributed by atoms with Crippen LogP contribution in [0.2, 0.25) is 0 Å². The van der Waals surface area contributed by atoms with Crippen molar-refractivity contribution in [3.05, 3.63) is 70.2 Å². The van der Waals surface area contributed by atoms with Crippen molar-refractivity contribution in [2.45, 2.75) is 38.6 Å². The Balaban J connectivity index is 2.20. The number of halogens is 1. The molecule has 0 spiro atoms. The quantitative estimate of drug-likeness (QED) is 0.730. The normalized spacial score (nSPS) is 13.9. The summed E-state index contributed by atoms with van der Waals surface area (Å²) < 4.78 is 1.16. The molecule has 2 atom stereocenters. The minimum absolute atomic E-state index is 0.469. The summed E-state index contributed by atoms with van der Waals surface area (Å²) in [6.45, 7) is 5.47. The maximum absolute atomic E-state index is 3.68. The average molecular weight is 346 g/mol. The third-order valence-electron chi connectivity index (χ3n) is 3.96. The van der Waals surface area contributed by atoms with Crippen LogP contribution in [-0.2, 0) is 6.42 Å². The second-order valence-electron chi connectivity index (χ2n) is 5.42. The van der Waals surface area contributed by atoms with E-state index in [9.17, 15) is 0 Å². The predicted molar refractivity (Wildman–Crippen MR) is 94.8 cm³/mol. The molecule has 2 heteroatoms. The maximum Gasteiger partial charge on any atom is 0.0178 e. The molecule has 112 valence electrons. The highest BCUT2D eigenvalue weighted by molar-refractivity contribution is 9.10. The molecule has 0 aliphatic rings. The zero-order chi connectivity index (χ0) is 15.1. The summed E-state index contributed by atoms with van der Waals surface area (Å²) in [5, 5.41) is 3.68. The maximum atomic E-state index is 3.68. The van der Waals surface area contributed by atoms with E-state index in [1.165, 1.54) is 11.1 Å². The minimum atomic E-state index is 0.469. The van der Waals surface area contributed by atoms with Crippen LogP contribution in [0.4, 0.5) is 0 Å². The summed E-state index contributed by atoms with van der Waals surface area (Å²) in [5.74, 6) is 0.546. The molecular formula is C19H24BrN. The largest absolute Gasteiger partial charge is 0.313 e. The van der Waals surface area contributed by atoms with Crippen LogP contribution in [0, 0.1) is 0 Å². The molecule has 0 radical (unpaired) electrons. The first-order valence-electron chi connectivity index (χ1n) is 7.77. The fourth-order valence-electron chi connectivity index (χ4n) is 2.99. The fraction of sp³-hybridized carbons (Fsp3) is 0.368. The molecule has 1 nitrogen and oxygen atoms in total. The van der Waals surface area contributed by atoms with E-state index in [0.29, 0.717) is 12.0 Å². The van der Waals surface area contributed by atoms with Crippen LogP contribution in [-0.4, -0.2) is 12.6 Å². The van der Waals surface area contributed by atoms with E-state index in [-0.39, 0.29) is 0 Å². The lowest BCUT2D eigenvalue weighted by Crippen LogP contribution is -2.36. The molecule has 0 aromatic heterocycles. The van der Waals surface area contributed by atoms with Crippen molar-refractivity contribution in [2.75, 3.05) is 6.54 Å². The first kappa shape index (κ1) is 16.3. The number of benzene rings is 2. The standard InChI is InChI=1S/C19H24BrN/c1-3-18(16-10-6-5-7-11-16)19(21-4-2)14-15-9-8-12-17(20)13-15/h5-13,18-19,21H,3-4,14H2,1-2H3. The Labute approximate surface area is 136 Å². The molecule has 0 bridgehead atoms. The fourth-order valence-corrected chi connectivity index (χ4v) is 3.44. The van der Waals surface area contributed by atoms with Crippen molar-refractivity contribution in [3.8, 4) is 0 Å². The molecular weight excluding hydrogens is 322 g/mol. The molecule has 2 rings (SSSR count). The Hall–Kier alpha value is -1.12. The first-order valence-corrected chi connectivity index (χ1v) is 8.56. The molecule has 21 heavy (non-hydrogen) atoms. The third kappa shape index (κ3) is 4.69. The van der Waals surface area contributed by atoms with Gasteiger partial charge in [0.05, 0.1) is 0 Å². The second kappa shape index (κ2) is 8.35. The van der Waals surface area contributed by atoms with Gasteiger partial charge in [-0.3, -0.25) is 0 Å². The molecule has 0 amide bonds. The van der Waals surface area contributed by atoms with Gasteiger partial charge >= 0.3 is 0 Å². The molecule has 0 aliphatic carbocycles. The molecule has 0 fully saturated rings. The van der Waals surface area contributed by atoms with Crippen LogP contribution in [0.25, 0.3) is 0 Å². The van der Waals surface area contributed by atoms with Crippen molar-refractivity contribution in [1.29, 1.82) is 0 Å². The third-order valence-corrected chi connectivity index (χ3v) is 4.46. The second-order valence-corrected chi connectivity index (χ2v) is 6.34. The van der Waals surface area contributed by atoms with Gasteiger partial charge in [-0.15, -0.1) is 0 Å². The van der Waals surface area contributed by atoms with Gasteiger partial charge in [-0.05, 0) is 48.6 Å². The van der Waals surface area contributed by atoms with Gasteiger partial charge in [-0.1, -0.05) is 72.2 Å². The van der Waals surface area contributed by atoms with Crippen LogP contribution < -0.4 is 5.32 Å². The number of hydrogen-bond acceptors (Lipinski definition) is 1. The lowest BCUT2D eigenvalue weighted by Gasteiger charge is -2.28. The smallest absolute Gasteiger partial charge is 0.0178 e. The van der Waals surface area contributed by atoms with Gasteiger partial charge in [0.2, 0.25) is 0 Å². The molecule has 2 aromatic rings. The van der Waals surface area contributed by atoms with Gasteiger partial charge in [-0.2, -0.15) is 0 Å². The Morgan fingerprint density at radius 3 is 2.38 bits per heavy atom. The monoisotopic (exact) mass is 345 g/mol. The Morgan fingerprint density at radius 2 is 1.76 bits per heavy atom. The van der Waals surface area contributed by atoms with Crippen LogP contribution in [0.3, 0.4) is 0 Å². The van der Waals surface area contributed by atoms with E-state index < -0.39 is 0 Å². The predicted octanol–water partition coefficient (Wildman–Crippen LogP) is 5.16. The SMILES string of the molecule is CCNC(Cc1cccc(Br)c1)C(CC)c1ccccc1. The topological polar surface area (TPSA) is 12.0 Å². The van der Waals surface area contributed by atoms with Gasteiger partial charge in [0.15, 0.2) is 0 Å². The lowest BCUT2D eigenvalue weighted by molar-refractivity contribution is 0.428. The van der Waals surface area contributed by atoms with E-state index in [0.717, 1.165) is 23.9 Å². The highest BCUT2D eigenvalue weighted by Gasteiger charge is 2.21. The van der Waals surface area contributed by atoms with E-state index in [1.807, 2.05) is 0 Å². The summed E-state index contributed by atoms with van der Waals surface area (Å²) >= 11 is 3.57. The van der Waals surface area contributed by atoms with Crippen LogP contribution in [0.5, 0.6) is 0 Å².